The minimum Gasteiger partial charge on any atom is -0.360 e. The molecule has 0 N–H and O–H groups in total. The molecular formula is C21H24F3N3O4S. The summed E-state index contributed by atoms with van der Waals surface area (Å²) in [6.07, 6.45) is -1.81. The fraction of sp³-hybridized carbons (Fsp3) is 0.524. The second kappa shape index (κ2) is 8.51. The topological polar surface area (TPSA) is 83.7 Å². The molecule has 0 atom stereocenters. The monoisotopic (exact) mass is 471 g/mol. The number of likely N-dealkylation sites (tertiary alicyclic amines) is 1. The number of carbonyl (C=O) groups excluding carboxylic acids is 1. The van der Waals surface area contributed by atoms with Gasteiger partial charge in [-0.1, -0.05) is 18.1 Å². The molecule has 174 valence electrons. The Morgan fingerprint density at radius 2 is 1.88 bits per heavy atom. The van der Waals surface area contributed by atoms with Gasteiger partial charge in [0.1, 0.15) is 5.76 Å². The average molecular weight is 472 g/mol. The Balaban J connectivity index is 1.44. The van der Waals surface area contributed by atoms with Crippen LogP contribution in [0.3, 0.4) is 0 Å². The number of nitrogens with zero attached hydrogens (tertiary/aromatic N) is 3. The summed E-state index contributed by atoms with van der Waals surface area (Å²) in [5, 5.41) is 3.87. The van der Waals surface area contributed by atoms with E-state index in [4.69, 9.17) is 4.52 Å². The lowest BCUT2D eigenvalue weighted by Gasteiger charge is -2.37. The highest BCUT2D eigenvalue weighted by molar-refractivity contribution is 7.89. The number of piperidine rings is 1. The van der Waals surface area contributed by atoms with Gasteiger partial charge in [0.05, 0.1) is 10.5 Å². The largest absolute Gasteiger partial charge is 0.416 e. The summed E-state index contributed by atoms with van der Waals surface area (Å²) in [4.78, 5) is 13.9. The van der Waals surface area contributed by atoms with E-state index in [0.717, 1.165) is 25.0 Å². The van der Waals surface area contributed by atoms with Gasteiger partial charge >= 0.3 is 6.18 Å². The van der Waals surface area contributed by atoms with E-state index in [0.29, 0.717) is 43.7 Å². The van der Waals surface area contributed by atoms with Crippen LogP contribution in [0, 0.1) is 0 Å². The number of rotatable bonds is 6. The predicted octanol–water partition coefficient (Wildman–Crippen LogP) is 3.89. The fourth-order valence-corrected chi connectivity index (χ4v) is 5.80. The van der Waals surface area contributed by atoms with Gasteiger partial charge in [0.2, 0.25) is 10.0 Å². The van der Waals surface area contributed by atoms with E-state index < -0.39 is 27.8 Å². The van der Waals surface area contributed by atoms with Crippen LogP contribution >= 0.6 is 0 Å². The highest BCUT2D eigenvalue weighted by Crippen LogP contribution is 2.40. The van der Waals surface area contributed by atoms with Gasteiger partial charge in [-0.25, -0.2) is 8.42 Å². The molecule has 11 heteroatoms. The summed E-state index contributed by atoms with van der Waals surface area (Å²) in [7, 11) is -4.12. The van der Waals surface area contributed by atoms with Gasteiger partial charge < -0.3 is 9.42 Å². The average Bonchev–Trinajstić information content (AvgIpc) is 3.50. The molecule has 7 nitrogen and oxygen atoms in total. The first-order valence-corrected chi connectivity index (χ1v) is 12.0. The van der Waals surface area contributed by atoms with Crippen LogP contribution in [-0.4, -0.2) is 54.4 Å². The molecule has 1 amide bonds. The Labute approximate surface area is 184 Å². The van der Waals surface area contributed by atoms with Crippen molar-refractivity contribution in [1.29, 1.82) is 0 Å². The highest BCUT2D eigenvalue weighted by Gasteiger charge is 2.37. The van der Waals surface area contributed by atoms with Gasteiger partial charge in [-0.05, 0) is 43.9 Å². The Kier molecular flexibility index (Phi) is 6.06. The Bertz CT molecular complexity index is 1090. The van der Waals surface area contributed by atoms with Crippen LogP contribution < -0.4 is 0 Å². The van der Waals surface area contributed by atoms with Gasteiger partial charge in [0.25, 0.3) is 5.91 Å². The highest BCUT2D eigenvalue weighted by atomic mass is 32.2. The van der Waals surface area contributed by atoms with Crippen LogP contribution in [0.1, 0.15) is 60.3 Å². The van der Waals surface area contributed by atoms with Crippen LogP contribution in [0.2, 0.25) is 0 Å². The van der Waals surface area contributed by atoms with Gasteiger partial charge in [-0.2, -0.15) is 17.5 Å². The van der Waals surface area contributed by atoms with Crippen LogP contribution in [0.4, 0.5) is 13.2 Å². The van der Waals surface area contributed by atoms with Gasteiger partial charge in [0.15, 0.2) is 5.69 Å². The lowest BCUT2D eigenvalue weighted by molar-refractivity contribution is -0.137. The number of halogens is 3. The number of benzene rings is 1. The number of amides is 1. The zero-order chi connectivity index (χ0) is 23.1. The molecule has 2 aliphatic rings. The summed E-state index contributed by atoms with van der Waals surface area (Å²) in [5.41, 5.74) is -0.762. The standard InChI is InChI=1S/C21H24F3N3O4S/c1-2-27(32(29,30)17-5-3-4-15(12-17)21(22,23)24)16-8-10-26(11-9-16)20(28)18-13-19(31-25-18)14-6-7-14/h3-5,12-14,16H,2,6-11H2,1H3. The molecule has 1 aromatic carbocycles. The quantitative estimate of drug-likeness (QED) is 0.638. The van der Waals surface area contributed by atoms with Gasteiger partial charge in [-0.3, -0.25) is 4.79 Å². The molecule has 2 aromatic rings. The second-order valence-corrected chi connectivity index (χ2v) is 10.0. The third kappa shape index (κ3) is 4.54. The number of sulfonamides is 1. The first kappa shape index (κ1) is 22.8. The second-order valence-electron chi connectivity index (χ2n) is 8.15. The molecule has 0 unspecified atom stereocenters. The molecule has 0 bridgehead atoms. The predicted molar refractivity (Wildman–Crippen MR) is 108 cm³/mol. The third-order valence-electron chi connectivity index (χ3n) is 5.97. The van der Waals surface area contributed by atoms with E-state index in [-0.39, 0.29) is 23.0 Å². The van der Waals surface area contributed by atoms with Crippen molar-refractivity contribution >= 4 is 15.9 Å². The molecule has 1 saturated heterocycles. The normalized spacial score (nSPS) is 18.3. The van der Waals surface area contributed by atoms with Crippen molar-refractivity contribution in [3.63, 3.8) is 0 Å². The first-order chi connectivity index (χ1) is 15.1. The van der Waals surface area contributed by atoms with Crippen molar-refractivity contribution in [3.8, 4) is 0 Å². The van der Waals surface area contributed by atoms with Crippen LogP contribution in [0.25, 0.3) is 0 Å². The minimum atomic E-state index is -4.63. The van der Waals surface area contributed by atoms with Gasteiger partial charge in [0, 0.05) is 37.7 Å². The van der Waals surface area contributed by atoms with Crippen LogP contribution in [-0.2, 0) is 16.2 Å². The molecule has 2 fully saturated rings. The first-order valence-electron chi connectivity index (χ1n) is 10.6. The van der Waals surface area contributed by atoms with E-state index in [1.54, 1.807) is 17.9 Å². The van der Waals surface area contributed by atoms with E-state index >= 15 is 0 Å². The molecule has 1 aliphatic carbocycles. The molecule has 2 heterocycles. The lowest BCUT2D eigenvalue weighted by atomic mass is 10.0. The summed E-state index contributed by atoms with van der Waals surface area (Å²) in [6, 6.07) is 5.04. The van der Waals surface area contributed by atoms with Crippen LogP contribution in [0.5, 0.6) is 0 Å². The summed E-state index contributed by atoms with van der Waals surface area (Å²) in [6.45, 7) is 2.41. The number of hydrogen-bond acceptors (Lipinski definition) is 5. The van der Waals surface area contributed by atoms with Crippen molar-refractivity contribution in [2.24, 2.45) is 0 Å². The third-order valence-corrected chi connectivity index (χ3v) is 7.99. The SMILES string of the molecule is CCN(C1CCN(C(=O)c2cc(C3CC3)on2)CC1)S(=O)(=O)c1cccc(C(F)(F)F)c1. The van der Waals surface area contributed by atoms with E-state index in [1.165, 1.54) is 10.4 Å². The Morgan fingerprint density at radius 1 is 1.19 bits per heavy atom. The molecule has 32 heavy (non-hydrogen) atoms. The summed E-state index contributed by atoms with van der Waals surface area (Å²) in [5.74, 6) is 0.796. The van der Waals surface area contributed by atoms with Crippen LogP contribution in [0.15, 0.2) is 39.8 Å². The number of aromatic nitrogens is 1. The molecule has 0 spiro atoms. The summed E-state index contributed by atoms with van der Waals surface area (Å²) >= 11 is 0. The molecule has 4 rings (SSSR count). The zero-order valence-electron chi connectivity index (χ0n) is 17.5. The maximum Gasteiger partial charge on any atom is 0.416 e. The van der Waals surface area contributed by atoms with Crippen molar-refractivity contribution in [2.45, 2.75) is 55.6 Å². The van der Waals surface area contributed by atoms with Crippen molar-refractivity contribution in [1.82, 2.24) is 14.4 Å². The number of alkyl halides is 3. The molecule has 0 radical (unpaired) electrons. The van der Waals surface area contributed by atoms with E-state index in [1.807, 2.05) is 0 Å². The smallest absolute Gasteiger partial charge is 0.360 e. The van der Waals surface area contributed by atoms with E-state index in [9.17, 15) is 26.4 Å². The minimum absolute atomic E-state index is 0.116. The molecule has 1 aromatic heterocycles. The van der Waals surface area contributed by atoms with Gasteiger partial charge in [-0.15, -0.1) is 0 Å². The summed E-state index contributed by atoms with van der Waals surface area (Å²) < 4.78 is 71.8. The molecule has 1 saturated carbocycles. The zero-order valence-corrected chi connectivity index (χ0v) is 18.3. The fourth-order valence-electron chi connectivity index (χ4n) is 4.06. The van der Waals surface area contributed by atoms with Crippen molar-refractivity contribution in [3.05, 3.63) is 47.3 Å². The Hall–Kier alpha value is -2.40. The lowest BCUT2D eigenvalue weighted by Crippen LogP contribution is -2.48. The van der Waals surface area contributed by atoms with Crippen molar-refractivity contribution < 1.29 is 30.9 Å². The molecule has 1 aliphatic heterocycles. The number of carbonyl (C=O) groups is 1. The van der Waals surface area contributed by atoms with E-state index in [2.05, 4.69) is 5.16 Å². The Morgan fingerprint density at radius 3 is 2.47 bits per heavy atom. The molecular weight excluding hydrogens is 447 g/mol. The van der Waals surface area contributed by atoms with Crippen molar-refractivity contribution in [2.75, 3.05) is 19.6 Å². The maximum absolute atomic E-state index is 13.1. The number of hydrogen-bond donors (Lipinski definition) is 0. The maximum atomic E-state index is 13.1.